The smallest absolute Gasteiger partial charge is 0.328 e. The predicted molar refractivity (Wildman–Crippen MR) is 132 cm³/mol. The van der Waals surface area contributed by atoms with Gasteiger partial charge in [0.15, 0.2) is 0 Å². The van der Waals surface area contributed by atoms with Gasteiger partial charge in [0.05, 0.1) is 19.7 Å². The third kappa shape index (κ3) is 4.11. The molecule has 5 rings (SSSR count). The average molecular weight is 497 g/mol. The van der Waals surface area contributed by atoms with Gasteiger partial charge < -0.3 is 19.9 Å². The summed E-state index contributed by atoms with van der Waals surface area (Å²) >= 11 is 0. The van der Waals surface area contributed by atoms with Gasteiger partial charge in [-0.25, -0.2) is 13.6 Å². The van der Waals surface area contributed by atoms with Crippen LogP contribution in [0.25, 0.3) is 10.9 Å². The molecule has 1 aromatic heterocycles. The first-order valence-corrected chi connectivity index (χ1v) is 12.2. The Labute approximate surface area is 208 Å². The average Bonchev–Trinajstić information content (AvgIpc) is 3.31. The fourth-order valence-electron chi connectivity index (χ4n) is 5.58. The second-order valence-corrected chi connectivity index (χ2v) is 9.64. The molecule has 7 nitrogen and oxygen atoms in total. The number of nitrogens with one attached hydrogen (secondary N) is 2. The van der Waals surface area contributed by atoms with Crippen LogP contribution >= 0.6 is 0 Å². The molecule has 2 atom stereocenters. The Kier molecular flexibility index (Phi) is 6.42. The zero-order valence-corrected chi connectivity index (χ0v) is 20.4. The Hall–Kier alpha value is -3.46. The number of hydrogen-bond acceptors (Lipinski definition) is 4. The highest BCUT2D eigenvalue weighted by molar-refractivity contribution is 6.08. The second-order valence-electron chi connectivity index (χ2n) is 9.64. The van der Waals surface area contributed by atoms with E-state index in [9.17, 15) is 18.4 Å². The number of aromatic amines is 1. The van der Waals surface area contributed by atoms with Crippen molar-refractivity contribution >= 4 is 22.8 Å². The monoisotopic (exact) mass is 496 g/mol. The van der Waals surface area contributed by atoms with Gasteiger partial charge in [-0.05, 0) is 55.6 Å². The number of methoxy groups -OCH3 is 1. The summed E-state index contributed by atoms with van der Waals surface area (Å²) in [5.74, 6) is 0.477. The standard InChI is InChI=1S/C27H30F2N4O3/c1-27-15-20-19-14-18(36-2)9-10-21(19)31-24(20)22(13-17-7-4-3-5-8-17)33(27)26(35)32(25(27)34)12-6-11-30-16-23(28)29/h3-5,7-10,14,22-23,30-31H,6,11-13,15-16H2,1-2H3/t22?,27-/m0/s1. The van der Waals surface area contributed by atoms with E-state index in [0.717, 1.165) is 33.5 Å². The van der Waals surface area contributed by atoms with Crippen LogP contribution in [-0.2, 0) is 17.6 Å². The summed E-state index contributed by atoms with van der Waals surface area (Å²) in [6, 6.07) is 15.0. The first-order chi connectivity index (χ1) is 17.3. The number of imide groups is 1. The minimum absolute atomic E-state index is 0.181. The van der Waals surface area contributed by atoms with Crippen molar-refractivity contribution in [1.82, 2.24) is 20.1 Å². The molecule has 0 aliphatic carbocycles. The number of alkyl halides is 2. The number of ether oxygens (including phenoxy) is 1. The van der Waals surface area contributed by atoms with E-state index in [1.165, 1.54) is 4.90 Å². The topological polar surface area (TPSA) is 77.7 Å². The lowest BCUT2D eigenvalue weighted by molar-refractivity contribution is -0.133. The predicted octanol–water partition coefficient (Wildman–Crippen LogP) is 4.28. The molecular formula is C27H30F2N4O3. The van der Waals surface area contributed by atoms with Gasteiger partial charge in [-0.15, -0.1) is 0 Å². The molecule has 2 aromatic carbocycles. The van der Waals surface area contributed by atoms with Crippen molar-refractivity contribution in [1.29, 1.82) is 0 Å². The third-order valence-electron chi connectivity index (χ3n) is 7.29. The lowest BCUT2D eigenvalue weighted by Gasteiger charge is -2.42. The number of nitrogens with zero attached hydrogens (tertiary/aromatic N) is 2. The summed E-state index contributed by atoms with van der Waals surface area (Å²) in [4.78, 5) is 34.0. The highest BCUT2D eigenvalue weighted by atomic mass is 19.3. The van der Waals surface area contributed by atoms with Gasteiger partial charge in [0.25, 0.3) is 12.3 Å². The summed E-state index contributed by atoms with van der Waals surface area (Å²) in [6.45, 7) is 1.91. The van der Waals surface area contributed by atoms with E-state index in [-0.39, 0.29) is 24.5 Å². The lowest BCUT2D eigenvalue weighted by atomic mass is 9.81. The van der Waals surface area contributed by atoms with Gasteiger partial charge in [-0.3, -0.25) is 9.69 Å². The molecule has 3 aromatic rings. The first kappa shape index (κ1) is 24.2. The van der Waals surface area contributed by atoms with Gasteiger partial charge in [0.1, 0.15) is 11.3 Å². The molecular weight excluding hydrogens is 466 g/mol. The molecule has 36 heavy (non-hydrogen) atoms. The Morgan fingerprint density at radius 2 is 1.97 bits per heavy atom. The molecule has 3 amide bonds. The van der Waals surface area contributed by atoms with Crippen molar-refractivity contribution in [2.75, 3.05) is 26.7 Å². The number of fused-ring (bicyclic) bond motifs is 4. The van der Waals surface area contributed by atoms with Crippen molar-refractivity contribution in [3.63, 3.8) is 0 Å². The maximum atomic E-state index is 13.7. The second kappa shape index (κ2) is 9.54. The Bertz CT molecular complexity index is 1280. The number of hydrogen-bond donors (Lipinski definition) is 2. The van der Waals surface area contributed by atoms with Crippen LogP contribution in [0.15, 0.2) is 48.5 Å². The van der Waals surface area contributed by atoms with E-state index in [2.05, 4.69) is 10.3 Å². The van der Waals surface area contributed by atoms with Gasteiger partial charge in [-0.1, -0.05) is 30.3 Å². The van der Waals surface area contributed by atoms with Crippen LogP contribution in [0.2, 0.25) is 0 Å². The van der Waals surface area contributed by atoms with Gasteiger partial charge in [-0.2, -0.15) is 0 Å². The Balaban J connectivity index is 1.51. The number of benzene rings is 2. The van der Waals surface area contributed by atoms with E-state index in [1.54, 1.807) is 12.0 Å². The molecule has 3 heterocycles. The molecule has 190 valence electrons. The number of carbonyl (C=O) groups excluding carboxylic acids is 2. The minimum Gasteiger partial charge on any atom is -0.497 e. The van der Waals surface area contributed by atoms with E-state index >= 15 is 0 Å². The van der Waals surface area contributed by atoms with Crippen molar-refractivity contribution in [2.45, 2.75) is 44.2 Å². The number of aromatic nitrogens is 1. The van der Waals surface area contributed by atoms with Crippen LogP contribution in [-0.4, -0.2) is 65.4 Å². The molecule has 0 radical (unpaired) electrons. The Morgan fingerprint density at radius 3 is 2.69 bits per heavy atom. The van der Waals surface area contributed by atoms with Crippen LogP contribution < -0.4 is 10.1 Å². The summed E-state index contributed by atoms with van der Waals surface area (Å²) in [5.41, 5.74) is 2.90. The van der Waals surface area contributed by atoms with Crippen LogP contribution in [0.4, 0.5) is 13.6 Å². The number of H-pyrrole nitrogens is 1. The maximum absolute atomic E-state index is 13.7. The third-order valence-corrected chi connectivity index (χ3v) is 7.29. The lowest BCUT2D eigenvalue weighted by Crippen LogP contribution is -2.53. The van der Waals surface area contributed by atoms with Gasteiger partial charge >= 0.3 is 6.03 Å². The minimum atomic E-state index is -2.44. The van der Waals surface area contributed by atoms with Crippen molar-refractivity contribution in [2.24, 2.45) is 0 Å². The van der Waals surface area contributed by atoms with Gasteiger partial charge in [0.2, 0.25) is 0 Å². The summed E-state index contributed by atoms with van der Waals surface area (Å²) < 4.78 is 30.3. The zero-order valence-electron chi connectivity index (χ0n) is 20.4. The molecule has 9 heteroatoms. The van der Waals surface area contributed by atoms with Crippen LogP contribution in [0, 0.1) is 0 Å². The Morgan fingerprint density at radius 1 is 1.19 bits per heavy atom. The van der Waals surface area contributed by atoms with E-state index in [1.807, 2.05) is 55.5 Å². The molecule has 0 bridgehead atoms. The number of amides is 3. The number of halogens is 2. The van der Waals surface area contributed by atoms with E-state index < -0.39 is 18.5 Å². The molecule has 2 aliphatic heterocycles. The van der Waals surface area contributed by atoms with Crippen LogP contribution in [0.5, 0.6) is 5.75 Å². The van der Waals surface area contributed by atoms with Crippen molar-refractivity contribution in [3.8, 4) is 5.75 Å². The van der Waals surface area contributed by atoms with E-state index in [4.69, 9.17) is 4.74 Å². The molecule has 2 aliphatic rings. The van der Waals surface area contributed by atoms with Crippen molar-refractivity contribution in [3.05, 3.63) is 65.4 Å². The molecule has 1 saturated heterocycles. The molecule has 0 saturated carbocycles. The van der Waals surface area contributed by atoms with Gasteiger partial charge in [0, 0.05) is 29.6 Å². The SMILES string of the molecule is COc1ccc2[nH]c3c(c2c1)C[C@@]1(C)C(=O)N(CCCNCC(F)F)C(=O)N1C3Cc1ccccc1. The fraction of sp³-hybridized carbons (Fsp3) is 0.407. The first-order valence-electron chi connectivity index (χ1n) is 12.2. The van der Waals surface area contributed by atoms with Crippen molar-refractivity contribution < 1.29 is 23.1 Å². The van der Waals surface area contributed by atoms with Crippen LogP contribution in [0.1, 0.15) is 36.2 Å². The number of urea groups is 1. The summed E-state index contributed by atoms with van der Waals surface area (Å²) in [7, 11) is 1.62. The molecule has 1 fully saturated rings. The molecule has 1 unspecified atom stereocenters. The molecule has 2 N–H and O–H groups in total. The zero-order chi connectivity index (χ0) is 25.4. The van der Waals surface area contributed by atoms with Crippen LogP contribution in [0.3, 0.4) is 0 Å². The normalized spacial score (nSPS) is 21.4. The fourth-order valence-corrected chi connectivity index (χ4v) is 5.58. The number of rotatable bonds is 9. The summed E-state index contributed by atoms with van der Waals surface area (Å²) in [6.07, 6.45) is -1.10. The highest BCUT2D eigenvalue weighted by Gasteiger charge is 2.59. The maximum Gasteiger partial charge on any atom is 0.328 e. The quantitative estimate of drug-likeness (QED) is 0.342. The molecule has 0 spiro atoms. The largest absolute Gasteiger partial charge is 0.497 e. The summed E-state index contributed by atoms with van der Waals surface area (Å²) in [5, 5.41) is 3.65. The highest BCUT2D eigenvalue weighted by Crippen LogP contribution is 2.47. The van der Waals surface area contributed by atoms with E-state index in [0.29, 0.717) is 25.8 Å². The number of carbonyl (C=O) groups is 2.